The minimum atomic E-state index is 0.0219. The summed E-state index contributed by atoms with van der Waals surface area (Å²) in [6.45, 7) is 17.1. The van der Waals surface area contributed by atoms with Gasteiger partial charge in [0.15, 0.2) is 0 Å². The van der Waals surface area contributed by atoms with Crippen molar-refractivity contribution in [1.29, 1.82) is 0 Å². The summed E-state index contributed by atoms with van der Waals surface area (Å²) in [6, 6.07) is 6.83. The molecule has 1 aromatic rings. The van der Waals surface area contributed by atoms with Crippen LogP contribution in [0.25, 0.3) is 0 Å². The average molecular weight is 539 g/mol. The van der Waals surface area contributed by atoms with E-state index in [1.165, 1.54) is 46.6 Å². The summed E-state index contributed by atoms with van der Waals surface area (Å²) in [5.41, 5.74) is 6.10. The molecule has 0 aromatic heterocycles. The number of fused-ring (bicyclic) bond motifs is 1. The first-order valence-electron chi connectivity index (χ1n) is 13.5. The van der Waals surface area contributed by atoms with Crippen LogP contribution in [0.4, 0.5) is 0 Å². The Morgan fingerprint density at radius 3 is 2.64 bits per heavy atom. The lowest BCUT2D eigenvalue weighted by atomic mass is 9.91. The molecule has 0 aliphatic carbocycles. The minimum absolute atomic E-state index is 0.0219. The van der Waals surface area contributed by atoms with Crippen molar-refractivity contribution in [2.24, 2.45) is 0 Å². The van der Waals surface area contributed by atoms with Crippen molar-refractivity contribution < 1.29 is 0 Å². The Kier molecular flexibility index (Phi) is 11.6. The first-order valence-corrected chi connectivity index (χ1v) is 15.3. The number of allylic oxidation sites excluding steroid dienone is 3. The van der Waals surface area contributed by atoms with Gasteiger partial charge in [0.1, 0.15) is 4.99 Å². The molecule has 194 valence electrons. The molecule has 0 saturated heterocycles. The summed E-state index contributed by atoms with van der Waals surface area (Å²) in [5, 5.41) is 0. The molecule has 0 fully saturated rings. The Morgan fingerprint density at radius 1 is 1.22 bits per heavy atom. The summed E-state index contributed by atoms with van der Waals surface area (Å²) < 4.78 is 0. The zero-order valence-electron chi connectivity index (χ0n) is 22.5. The quantitative estimate of drug-likeness (QED) is 0.142. The van der Waals surface area contributed by atoms with Crippen molar-refractivity contribution in [2.75, 3.05) is 31.9 Å². The van der Waals surface area contributed by atoms with E-state index in [0.29, 0.717) is 0 Å². The van der Waals surface area contributed by atoms with Crippen LogP contribution < -0.4 is 0 Å². The highest BCUT2D eigenvalue weighted by Crippen LogP contribution is 2.37. The van der Waals surface area contributed by atoms with Gasteiger partial charge in [-0.25, -0.2) is 0 Å². The van der Waals surface area contributed by atoms with Crippen LogP contribution in [0.2, 0.25) is 0 Å². The van der Waals surface area contributed by atoms with Gasteiger partial charge in [-0.1, -0.05) is 81.3 Å². The number of aryl methyl sites for hydroxylation is 1. The lowest BCUT2D eigenvalue weighted by molar-refractivity contribution is 0.257. The van der Waals surface area contributed by atoms with E-state index in [1.54, 1.807) is 0 Å². The fourth-order valence-electron chi connectivity index (χ4n) is 5.32. The van der Waals surface area contributed by atoms with E-state index in [4.69, 9.17) is 24.4 Å². The topological polar surface area (TPSA) is 6.48 Å². The first kappa shape index (κ1) is 29.0. The second-order valence-corrected chi connectivity index (χ2v) is 11.6. The van der Waals surface area contributed by atoms with E-state index >= 15 is 0 Å². The highest BCUT2D eigenvalue weighted by Gasteiger charge is 2.38. The lowest BCUT2D eigenvalue weighted by Crippen LogP contribution is -2.39. The molecule has 2 heterocycles. The fraction of sp³-hybridized carbons (Fsp3) is 0.484. The summed E-state index contributed by atoms with van der Waals surface area (Å²) >= 11 is 14.2. The number of nitrogens with zero attached hydrogens (tertiary/aromatic N) is 2. The maximum Gasteiger partial charge on any atom is 0.106 e. The molecule has 2 nitrogen and oxygen atoms in total. The molecule has 2 aliphatic rings. The van der Waals surface area contributed by atoms with Gasteiger partial charge in [-0.2, -0.15) is 0 Å². The molecule has 1 aromatic carbocycles. The predicted octanol–water partition coefficient (Wildman–Crippen LogP) is 7.97. The normalized spacial score (nSPS) is 18.5. The summed E-state index contributed by atoms with van der Waals surface area (Å²) in [6.07, 6.45) is 14.2. The van der Waals surface area contributed by atoms with Crippen molar-refractivity contribution >= 4 is 46.1 Å². The molecule has 0 N–H and O–H groups in total. The molecular formula is C31H42N2S3. The van der Waals surface area contributed by atoms with E-state index in [2.05, 4.69) is 80.5 Å². The zero-order valence-corrected chi connectivity index (χ0v) is 25.0. The van der Waals surface area contributed by atoms with Gasteiger partial charge in [0.2, 0.25) is 0 Å². The number of hydrogen-bond acceptors (Lipinski definition) is 4. The largest absolute Gasteiger partial charge is 0.351 e. The maximum atomic E-state index is 6.22. The molecule has 0 saturated carbocycles. The van der Waals surface area contributed by atoms with E-state index < -0.39 is 0 Å². The molecule has 0 radical (unpaired) electrons. The van der Waals surface area contributed by atoms with Crippen molar-refractivity contribution in [3.05, 3.63) is 76.9 Å². The molecule has 0 bridgehead atoms. The Morgan fingerprint density at radius 2 is 1.97 bits per heavy atom. The molecule has 1 atom stereocenters. The predicted molar refractivity (Wildman–Crippen MR) is 168 cm³/mol. The van der Waals surface area contributed by atoms with Crippen molar-refractivity contribution in [1.82, 2.24) is 9.80 Å². The molecular weight excluding hydrogens is 497 g/mol. The van der Waals surface area contributed by atoms with Crippen LogP contribution in [0, 0.1) is 0 Å². The number of thioether (sulfide) groups is 1. The van der Waals surface area contributed by atoms with Gasteiger partial charge in [-0.3, -0.25) is 0 Å². The van der Waals surface area contributed by atoms with Crippen LogP contribution in [-0.4, -0.2) is 57.6 Å². The second-order valence-electron chi connectivity index (χ2n) is 9.64. The van der Waals surface area contributed by atoms with Crippen LogP contribution in [0.5, 0.6) is 0 Å². The van der Waals surface area contributed by atoms with Gasteiger partial charge in [0.25, 0.3) is 0 Å². The van der Waals surface area contributed by atoms with Crippen molar-refractivity contribution in [3.63, 3.8) is 0 Å². The van der Waals surface area contributed by atoms with Gasteiger partial charge < -0.3 is 9.80 Å². The van der Waals surface area contributed by atoms with E-state index in [1.807, 2.05) is 17.8 Å². The van der Waals surface area contributed by atoms with Gasteiger partial charge in [0, 0.05) is 17.0 Å². The maximum absolute atomic E-state index is 6.22. The highest BCUT2D eigenvalue weighted by atomic mass is 32.2. The van der Waals surface area contributed by atoms with E-state index in [-0.39, 0.29) is 6.04 Å². The zero-order chi connectivity index (χ0) is 26.1. The smallest absolute Gasteiger partial charge is 0.106 e. The fourth-order valence-corrected chi connectivity index (χ4v) is 7.09. The van der Waals surface area contributed by atoms with Crippen LogP contribution in [0.3, 0.4) is 0 Å². The summed E-state index contributed by atoms with van der Waals surface area (Å²) in [5.74, 6) is 1.19. The van der Waals surface area contributed by atoms with Gasteiger partial charge >= 0.3 is 0 Å². The third-order valence-electron chi connectivity index (χ3n) is 6.93. The summed E-state index contributed by atoms with van der Waals surface area (Å²) in [4.78, 5) is 8.23. The standard InChI is InChI=1S/C31H42N2S3/c1-6-12-25(13-7-2)29-28(30(34)26-16-15-24-14-10-21-36-27(24)22-26)23(5)31(35)33(29)20-11-19-32(17-8-3)18-9-4/h6-7,12-13,15-16,22,29H,1,8-11,14,17-21H2,2-5H3/b13-7-,25-12+. The number of thiocarbonyl (C=S) groups is 2. The van der Waals surface area contributed by atoms with E-state index in [9.17, 15) is 0 Å². The summed E-state index contributed by atoms with van der Waals surface area (Å²) in [7, 11) is 0. The third-order valence-corrected chi connectivity index (χ3v) is 9.11. The number of hydrogen-bond donors (Lipinski definition) is 0. The van der Waals surface area contributed by atoms with Crippen LogP contribution >= 0.6 is 36.2 Å². The second kappa shape index (κ2) is 14.4. The molecule has 3 rings (SSSR count). The average Bonchev–Trinajstić information content (AvgIpc) is 3.13. The SMILES string of the molecule is C=C/C=C(\C=C/C)C1C(C(=S)c2ccc3c(c2)SCCC3)=C(C)C(=S)N1CCCN(CCC)CCC. The van der Waals surface area contributed by atoms with Crippen LogP contribution in [0.15, 0.2) is 70.7 Å². The third kappa shape index (κ3) is 6.86. The van der Waals surface area contributed by atoms with Crippen molar-refractivity contribution in [3.8, 4) is 0 Å². The van der Waals surface area contributed by atoms with Crippen LogP contribution in [-0.2, 0) is 6.42 Å². The lowest BCUT2D eigenvalue weighted by Gasteiger charge is -2.31. The molecule has 0 amide bonds. The molecule has 36 heavy (non-hydrogen) atoms. The van der Waals surface area contributed by atoms with Gasteiger partial charge in [0.05, 0.1) is 10.9 Å². The van der Waals surface area contributed by atoms with E-state index in [0.717, 1.165) is 60.0 Å². The minimum Gasteiger partial charge on any atom is -0.351 e. The Balaban J connectivity index is 1.93. The molecule has 5 heteroatoms. The van der Waals surface area contributed by atoms with Crippen molar-refractivity contribution in [2.45, 2.75) is 70.7 Å². The monoisotopic (exact) mass is 538 g/mol. The molecule has 2 aliphatic heterocycles. The van der Waals surface area contributed by atoms with Gasteiger partial charge in [-0.15, -0.1) is 11.8 Å². The number of benzene rings is 1. The molecule has 0 spiro atoms. The molecule has 1 unspecified atom stereocenters. The number of rotatable bonds is 13. The first-order chi connectivity index (χ1) is 17.5. The highest BCUT2D eigenvalue weighted by molar-refractivity contribution is 7.99. The Bertz CT molecular complexity index is 1040. The van der Waals surface area contributed by atoms with Gasteiger partial charge in [-0.05, 0) is 99.7 Å². The van der Waals surface area contributed by atoms with Crippen LogP contribution in [0.1, 0.15) is 64.5 Å². The Hall–Kier alpha value is -1.53. The Labute approximate surface area is 234 Å².